The first kappa shape index (κ1) is 18.3. The SMILES string of the molecule is CCCSc1nnc(COc2ccc(OC)cc2)n1-c1ccccc1F. The van der Waals surface area contributed by atoms with Gasteiger partial charge in [0.2, 0.25) is 0 Å². The van der Waals surface area contributed by atoms with E-state index in [-0.39, 0.29) is 12.4 Å². The molecule has 0 fully saturated rings. The van der Waals surface area contributed by atoms with Gasteiger partial charge in [-0.05, 0) is 42.8 Å². The van der Waals surface area contributed by atoms with Crippen LogP contribution in [0.2, 0.25) is 0 Å². The highest BCUT2D eigenvalue weighted by molar-refractivity contribution is 7.99. The third kappa shape index (κ3) is 4.16. The number of halogens is 1. The first-order valence-electron chi connectivity index (χ1n) is 8.31. The summed E-state index contributed by atoms with van der Waals surface area (Å²) in [5, 5.41) is 9.09. The quantitative estimate of drug-likeness (QED) is 0.544. The molecule has 0 atom stereocenters. The summed E-state index contributed by atoms with van der Waals surface area (Å²) in [6.45, 7) is 2.27. The minimum Gasteiger partial charge on any atom is -0.497 e. The van der Waals surface area contributed by atoms with Crippen molar-refractivity contribution in [2.45, 2.75) is 25.1 Å². The van der Waals surface area contributed by atoms with E-state index in [1.807, 2.05) is 24.3 Å². The molecular weight excluding hydrogens is 353 g/mol. The van der Waals surface area contributed by atoms with Gasteiger partial charge in [0.15, 0.2) is 11.0 Å². The second-order valence-corrected chi connectivity index (χ2v) is 6.56. The molecule has 0 bridgehead atoms. The zero-order valence-electron chi connectivity index (χ0n) is 14.7. The van der Waals surface area contributed by atoms with Crippen LogP contribution in [0.25, 0.3) is 5.69 Å². The molecular formula is C19H20FN3O2S. The van der Waals surface area contributed by atoms with Crippen molar-refractivity contribution in [2.24, 2.45) is 0 Å². The summed E-state index contributed by atoms with van der Waals surface area (Å²) in [4.78, 5) is 0. The number of ether oxygens (including phenoxy) is 2. The van der Waals surface area contributed by atoms with Crippen LogP contribution in [0.1, 0.15) is 19.2 Å². The number of methoxy groups -OCH3 is 1. The van der Waals surface area contributed by atoms with E-state index in [4.69, 9.17) is 9.47 Å². The lowest BCUT2D eigenvalue weighted by Crippen LogP contribution is -2.08. The summed E-state index contributed by atoms with van der Waals surface area (Å²) < 4.78 is 27.0. The fourth-order valence-electron chi connectivity index (χ4n) is 2.38. The maximum Gasteiger partial charge on any atom is 0.196 e. The Morgan fingerprint density at radius 2 is 1.77 bits per heavy atom. The monoisotopic (exact) mass is 373 g/mol. The van der Waals surface area contributed by atoms with Crippen molar-refractivity contribution in [2.75, 3.05) is 12.9 Å². The van der Waals surface area contributed by atoms with Crippen LogP contribution in [0.4, 0.5) is 4.39 Å². The minimum atomic E-state index is -0.323. The van der Waals surface area contributed by atoms with Gasteiger partial charge in [0, 0.05) is 5.75 Å². The molecule has 2 aromatic carbocycles. The number of para-hydroxylation sites is 1. The van der Waals surface area contributed by atoms with Gasteiger partial charge >= 0.3 is 0 Å². The first-order chi connectivity index (χ1) is 12.7. The van der Waals surface area contributed by atoms with Crippen LogP contribution < -0.4 is 9.47 Å². The Morgan fingerprint density at radius 1 is 1.04 bits per heavy atom. The number of aromatic nitrogens is 3. The van der Waals surface area contributed by atoms with E-state index in [1.165, 1.54) is 6.07 Å². The average molecular weight is 373 g/mol. The van der Waals surface area contributed by atoms with E-state index in [0.717, 1.165) is 17.9 Å². The van der Waals surface area contributed by atoms with Crippen molar-refractivity contribution in [1.82, 2.24) is 14.8 Å². The predicted octanol–water partition coefficient (Wildman–Crippen LogP) is 4.50. The Balaban J connectivity index is 1.86. The van der Waals surface area contributed by atoms with Crippen LogP contribution in [0.15, 0.2) is 53.7 Å². The topological polar surface area (TPSA) is 49.2 Å². The molecule has 7 heteroatoms. The van der Waals surface area contributed by atoms with Gasteiger partial charge in [0.1, 0.15) is 23.9 Å². The minimum absolute atomic E-state index is 0.181. The molecule has 1 heterocycles. The highest BCUT2D eigenvalue weighted by Gasteiger charge is 2.17. The van der Waals surface area contributed by atoms with Gasteiger partial charge in [0.25, 0.3) is 0 Å². The van der Waals surface area contributed by atoms with E-state index in [9.17, 15) is 4.39 Å². The summed E-state index contributed by atoms with van der Waals surface area (Å²) in [6.07, 6.45) is 0.993. The number of rotatable bonds is 8. The van der Waals surface area contributed by atoms with Crippen molar-refractivity contribution in [3.05, 3.63) is 60.2 Å². The van der Waals surface area contributed by atoms with Gasteiger partial charge in [-0.3, -0.25) is 4.57 Å². The van der Waals surface area contributed by atoms with E-state index in [2.05, 4.69) is 17.1 Å². The largest absolute Gasteiger partial charge is 0.497 e. The zero-order chi connectivity index (χ0) is 18.4. The highest BCUT2D eigenvalue weighted by Crippen LogP contribution is 2.25. The summed E-state index contributed by atoms with van der Waals surface area (Å²) in [5.41, 5.74) is 0.421. The predicted molar refractivity (Wildman–Crippen MR) is 99.7 cm³/mol. The van der Waals surface area contributed by atoms with Crippen LogP contribution in [0.3, 0.4) is 0 Å². The fourth-order valence-corrected chi connectivity index (χ4v) is 3.19. The molecule has 3 aromatic rings. The molecule has 0 N–H and O–H groups in total. The van der Waals surface area contributed by atoms with Gasteiger partial charge in [0.05, 0.1) is 12.8 Å². The van der Waals surface area contributed by atoms with Crippen LogP contribution in [0.5, 0.6) is 11.5 Å². The van der Waals surface area contributed by atoms with Crippen LogP contribution in [0, 0.1) is 5.82 Å². The van der Waals surface area contributed by atoms with Crippen molar-refractivity contribution in [3.63, 3.8) is 0 Å². The van der Waals surface area contributed by atoms with E-state index in [0.29, 0.717) is 22.4 Å². The molecule has 0 spiro atoms. The lowest BCUT2D eigenvalue weighted by molar-refractivity contribution is 0.292. The maximum absolute atomic E-state index is 14.3. The summed E-state index contributed by atoms with van der Waals surface area (Å²) in [6, 6.07) is 13.9. The third-order valence-corrected chi connectivity index (χ3v) is 4.79. The lowest BCUT2D eigenvalue weighted by atomic mass is 10.3. The van der Waals surface area contributed by atoms with Crippen molar-refractivity contribution in [1.29, 1.82) is 0 Å². The normalized spacial score (nSPS) is 10.7. The fraction of sp³-hybridized carbons (Fsp3) is 0.263. The Hall–Kier alpha value is -2.54. The lowest BCUT2D eigenvalue weighted by Gasteiger charge is -2.12. The number of nitrogens with zero attached hydrogens (tertiary/aromatic N) is 3. The second-order valence-electron chi connectivity index (χ2n) is 5.50. The average Bonchev–Trinajstić information content (AvgIpc) is 3.08. The van der Waals surface area contributed by atoms with E-state index in [1.54, 1.807) is 41.6 Å². The number of hydrogen-bond donors (Lipinski definition) is 0. The molecule has 0 amide bonds. The molecule has 0 aliphatic carbocycles. The molecule has 0 aliphatic heterocycles. The van der Waals surface area contributed by atoms with Gasteiger partial charge in [-0.15, -0.1) is 10.2 Å². The number of benzene rings is 2. The van der Waals surface area contributed by atoms with Crippen LogP contribution in [-0.4, -0.2) is 27.6 Å². The number of thioether (sulfide) groups is 1. The maximum atomic E-state index is 14.3. The second kappa shape index (κ2) is 8.71. The van der Waals surface area contributed by atoms with Gasteiger partial charge in [-0.2, -0.15) is 0 Å². The summed E-state index contributed by atoms with van der Waals surface area (Å²) in [7, 11) is 1.61. The Bertz CT molecular complexity index is 852. The van der Waals surface area contributed by atoms with Gasteiger partial charge in [-0.25, -0.2) is 4.39 Å². The standard InChI is InChI=1S/C19H20FN3O2S/c1-3-12-26-19-22-21-18(23(19)17-7-5-4-6-16(17)20)13-25-15-10-8-14(24-2)9-11-15/h4-11H,3,12-13H2,1-2H3. The van der Waals surface area contributed by atoms with Crippen molar-refractivity contribution >= 4 is 11.8 Å². The summed E-state index contributed by atoms with van der Waals surface area (Å²) in [5.74, 6) is 2.54. The zero-order valence-corrected chi connectivity index (χ0v) is 15.5. The van der Waals surface area contributed by atoms with Crippen molar-refractivity contribution in [3.8, 4) is 17.2 Å². The Morgan fingerprint density at radius 3 is 2.46 bits per heavy atom. The molecule has 0 saturated carbocycles. The molecule has 0 radical (unpaired) electrons. The summed E-state index contributed by atoms with van der Waals surface area (Å²) >= 11 is 1.55. The first-order valence-corrected chi connectivity index (χ1v) is 9.30. The highest BCUT2D eigenvalue weighted by atomic mass is 32.2. The molecule has 0 saturated heterocycles. The molecule has 0 aliphatic rings. The Kier molecular flexibility index (Phi) is 6.12. The van der Waals surface area contributed by atoms with E-state index < -0.39 is 0 Å². The molecule has 0 unspecified atom stereocenters. The van der Waals surface area contributed by atoms with Crippen molar-refractivity contribution < 1.29 is 13.9 Å². The van der Waals surface area contributed by atoms with E-state index >= 15 is 0 Å². The molecule has 136 valence electrons. The molecule has 5 nitrogen and oxygen atoms in total. The van der Waals surface area contributed by atoms with Gasteiger partial charge < -0.3 is 9.47 Å². The Labute approximate surface area is 156 Å². The smallest absolute Gasteiger partial charge is 0.196 e. The van der Waals surface area contributed by atoms with Crippen LogP contribution >= 0.6 is 11.8 Å². The van der Waals surface area contributed by atoms with Crippen LogP contribution in [-0.2, 0) is 6.61 Å². The molecule has 3 rings (SSSR count). The number of hydrogen-bond acceptors (Lipinski definition) is 5. The third-order valence-electron chi connectivity index (χ3n) is 3.66. The van der Waals surface area contributed by atoms with Gasteiger partial charge in [-0.1, -0.05) is 30.8 Å². The molecule has 26 heavy (non-hydrogen) atoms. The molecule has 1 aromatic heterocycles.